The number of hydrogen-bond donors (Lipinski definition) is 1. The van der Waals surface area contributed by atoms with Crippen molar-refractivity contribution in [3.63, 3.8) is 0 Å². The summed E-state index contributed by atoms with van der Waals surface area (Å²) in [5, 5.41) is 8.08. The predicted molar refractivity (Wildman–Crippen MR) is 137 cm³/mol. The van der Waals surface area contributed by atoms with E-state index in [1.54, 1.807) is 23.0 Å². The molecule has 0 atom stereocenters. The SMILES string of the molecule is CC(C)N1CCN(c2ccccc2NC(=O)c2ccn3ncc(-c4cccc(Cl)c4)c3n2)CC1. The number of anilines is 2. The average molecular weight is 475 g/mol. The third kappa shape index (κ3) is 4.49. The summed E-state index contributed by atoms with van der Waals surface area (Å²) in [4.78, 5) is 22.6. The van der Waals surface area contributed by atoms with Crippen LogP contribution in [-0.2, 0) is 0 Å². The molecule has 8 heteroatoms. The molecule has 1 aliphatic heterocycles. The first-order valence-electron chi connectivity index (χ1n) is 11.5. The maximum atomic E-state index is 13.2. The number of para-hydroxylation sites is 2. The van der Waals surface area contributed by atoms with Gasteiger partial charge in [0.25, 0.3) is 5.91 Å². The zero-order valence-electron chi connectivity index (χ0n) is 19.3. The van der Waals surface area contributed by atoms with E-state index >= 15 is 0 Å². The second kappa shape index (κ2) is 9.44. The Morgan fingerprint density at radius 2 is 1.82 bits per heavy atom. The number of carbonyl (C=O) groups is 1. The van der Waals surface area contributed by atoms with Gasteiger partial charge in [-0.05, 0) is 49.7 Å². The number of aromatic nitrogens is 3. The molecule has 174 valence electrons. The van der Waals surface area contributed by atoms with Crippen molar-refractivity contribution in [1.82, 2.24) is 19.5 Å². The quantitative estimate of drug-likeness (QED) is 0.448. The van der Waals surface area contributed by atoms with E-state index < -0.39 is 0 Å². The lowest BCUT2D eigenvalue weighted by atomic mass is 10.1. The summed E-state index contributed by atoms with van der Waals surface area (Å²) >= 11 is 6.17. The minimum atomic E-state index is -0.256. The number of nitrogens with one attached hydrogen (secondary N) is 1. The van der Waals surface area contributed by atoms with Crippen LogP contribution in [0.5, 0.6) is 0 Å². The molecule has 4 aromatic rings. The van der Waals surface area contributed by atoms with Crippen LogP contribution in [0.15, 0.2) is 67.0 Å². The highest BCUT2D eigenvalue weighted by atomic mass is 35.5. The number of carbonyl (C=O) groups excluding carboxylic acids is 1. The van der Waals surface area contributed by atoms with Gasteiger partial charge in [0.05, 0.1) is 17.6 Å². The van der Waals surface area contributed by atoms with Gasteiger partial charge in [-0.2, -0.15) is 5.10 Å². The third-order valence-corrected chi connectivity index (χ3v) is 6.51. The first-order valence-corrected chi connectivity index (χ1v) is 11.9. The molecule has 2 aromatic carbocycles. The Balaban J connectivity index is 1.39. The molecule has 7 nitrogen and oxygen atoms in total. The van der Waals surface area contributed by atoms with Crippen molar-refractivity contribution < 1.29 is 4.79 Å². The topological polar surface area (TPSA) is 65.8 Å². The van der Waals surface area contributed by atoms with E-state index in [4.69, 9.17) is 11.6 Å². The fraction of sp³-hybridized carbons (Fsp3) is 0.269. The normalized spacial score (nSPS) is 14.6. The van der Waals surface area contributed by atoms with E-state index in [1.165, 1.54) is 0 Å². The molecule has 0 saturated carbocycles. The van der Waals surface area contributed by atoms with Gasteiger partial charge < -0.3 is 10.2 Å². The van der Waals surface area contributed by atoms with Gasteiger partial charge in [-0.25, -0.2) is 9.50 Å². The molecule has 5 rings (SSSR count). The van der Waals surface area contributed by atoms with Gasteiger partial charge in [-0.15, -0.1) is 0 Å². The molecular formula is C26H27ClN6O. The molecule has 1 amide bonds. The van der Waals surface area contributed by atoms with Crippen LogP contribution in [-0.4, -0.2) is 57.6 Å². The van der Waals surface area contributed by atoms with Crippen LogP contribution in [0.4, 0.5) is 11.4 Å². The molecule has 1 aliphatic rings. The van der Waals surface area contributed by atoms with Gasteiger partial charge in [0.1, 0.15) is 5.69 Å². The van der Waals surface area contributed by atoms with Crippen molar-refractivity contribution in [2.24, 2.45) is 0 Å². The fourth-order valence-corrected chi connectivity index (χ4v) is 4.57. The van der Waals surface area contributed by atoms with Crippen molar-refractivity contribution in [3.8, 4) is 11.1 Å². The largest absolute Gasteiger partial charge is 0.367 e. The van der Waals surface area contributed by atoms with Crippen molar-refractivity contribution >= 4 is 34.5 Å². The number of fused-ring (bicyclic) bond motifs is 1. The number of halogens is 1. The van der Waals surface area contributed by atoms with Crippen LogP contribution >= 0.6 is 11.6 Å². The fourth-order valence-electron chi connectivity index (χ4n) is 4.38. The summed E-state index contributed by atoms with van der Waals surface area (Å²) in [7, 11) is 0. The molecule has 1 N–H and O–H groups in total. The summed E-state index contributed by atoms with van der Waals surface area (Å²) in [6.07, 6.45) is 3.49. The minimum Gasteiger partial charge on any atom is -0.367 e. The Labute approximate surface area is 204 Å². The smallest absolute Gasteiger partial charge is 0.274 e. The van der Waals surface area contributed by atoms with Gasteiger partial charge in [0.15, 0.2) is 5.65 Å². The highest BCUT2D eigenvalue weighted by molar-refractivity contribution is 6.30. The lowest BCUT2D eigenvalue weighted by molar-refractivity contribution is 0.102. The highest BCUT2D eigenvalue weighted by Gasteiger charge is 2.22. The number of amides is 1. The zero-order chi connectivity index (χ0) is 23.7. The predicted octanol–water partition coefficient (Wildman–Crippen LogP) is 4.83. The summed E-state index contributed by atoms with van der Waals surface area (Å²) in [6.45, 7) is 8.32. The van der Waals surface area contributed by atoms with Gasteiger partial charge in [-0.1, -0.05) is 35.9 Å². The molecule has 3 heterocycles. The number of piperazine rings is 1. The first kappa shape index (κ1) is 22.4. The summed E-state index contributed by atoms with van der Waals surface area (Å²) in [5.74, 6) is -0.256. The Hall–Kier alpha value is -3.42. The van der Waals surface area contributed by atoms with Gasteiger partial charge in [0, 0.05) is 49.0 Å². The standard InChI is InChI=1S/C26H27ClN6O/c1-18(2)31-12-14-32(15-13-31)24-9-4-3-8-22(24)30-26(34)23-10-11-33-25(29-23)21(17-28-33)19-6-5-7-20(27)16-19/h3-11,16-18H,12-15H2,1-2H3,(H,30,34). The molecule has 2 aromatic heterocycles. The van der Waals surface area contributed by atoms with Crippen LogP contribution in [0.3, 0.4) is 0 Å². The van der Waals surface area contributed by atoms with E-state index in [1.807, 2.05) is 42.5 Å². The molecule has 0 radical (unpaired) electrons. The van der Waals surface area contributed by atoms with Crippen LogP contribution in [0.1, 0.15) is 24.3 Å². The monoisotopic (exact) mass is 474 g/mol. The maximum Gasteiger partial charge on any atom is 0.274 e. The van der Waals surface area contributed by atoms with E-state index in [0.29, 0.717) is 22.4 Å². The summed E-state index contributed by atoms with van der Waals surface area (Å²) in [5.41, 5.74) is 4.47. The highest BCUT2D eigenvalue weighted by Crippen LogP contribution is 2.28. The van der Waals surface area contributed by atoms with Crippen molar-refractivity contribution in [3.05, 3.63) is 77.7 Å². The number of rotatable bonds is 5. The lowest BCUT2D eigenvalue weighted by Crippen LogP contribution is -2.49. The number of benzene rings is 2. The molecule has 0 aliphatic carbocycles. The van der Waals surface area contributed by atoms with E-state index in [-0.39, 0.29) is 5.91 Å². The molecule has 34 heavy (non-hydrogen) atoms. The molecule has 0 bridgehead atoms. The van der Waals surface area contributed by atoms with Crippen molar-refractivity contribution in [2.45, 2.75) is 19.9 Å². The van der Waals surface area contributed by atoms with Crippen LogP contribution in [0.2, 0.25) is 5.02 Å². The van der Waals surface area contributed by atoms with Crippen LogP contribution in [0.25, 0.3) is 16.8 Å². The first-order chi connectivity index (χ1) is 16.5. The van der Waals surface area contributed by atoms with Crippen LogP contribution < -0.4 is 10.2 Å². The minimum absolute atomic E-state index is 0.256. The Morgan fingerprint density at radius 3 is 2.59 bits per heavy atom. The molecular weight excluding hydrogens is 448 g/mol. The number of nitrogens with zero attached hydrogens (tertiary/aromatic N) is 5. The molecule has 1 saturated heterocycles. The molecule has 1 fully saturated rings. The Bertz CT molecular complexity index is 1330. The van der Waals surface area contributed by atoms with Gasteiger partial charge in [0.2, 0.25) is 0 Å². The Morgan fingerprint density at radius 1 is 1.03 bits per heavy atom. The third-order valence-electron chi connectivity index (χ3n) is 6.27. The maximum absolute atomic E-state index is 13.2. The van der Waals surface area contributed by atoms with Gasteiger partial charge >= 0.3 is 0 Å². The van der Waals surface area contributed by atoms with E-state index in [2.05, 4.69) is 45.1 Å². The average Bonchev–Trinajstić information content (AvgIpc) is 3.28. The second-order valence-corrected chi connectivity index (χ2v) is 9.17. The van der Waals surface area contributed by atoms with Crippen molar-refractivity contribution in [2.75, 3.05) is 36.4 Å². The zero-order valence-corrected chi connectivity index (χ0v) is 20.0. The van der Waals surface area contributed by atoms with Crippen molar-refractivity contribution in [1.29, 1.82) is 0 Å². The number of hydrogen-bond acceptors (Lipinski definition) is 5. The van der Waals surface area contributed by atoms with E-state index in [9.17, 15) is 4.79 Å². The second-order valence-electron chi connectivity index (χ2n) is 8.74. The molecule has 0 unspecified atom stereocenters. The molecule has 0 spiro atoms. The Kier molecular flexibility index (Phi) is 6.22. The van der Waals surface area contributed by atoms with E-state index in [0.717, 1.165) is 48.7 Å². The summed E-state index contributed by atoms with van der Waals surface area (Å²) < 4.78 is 1.66. The summed E-state index contributed by atoms with van der Waals surface area (Å²) in [6, 6.07) is 17.7. The lowest BCUT2D eigenvalue weighted by Gasteiger charge is -2.38. The van der Waals surface area contributed by atoms with Gasteiger partial charge in [-0.3, -0.25) is 9.69 Å². The van der Waals surface area contributed by atoms with Crippen LogP contribution in [0, 0.1) is 0 Å².